The summed E-state index contributed by atoms with van der Waals surface area (Å²) in [5.41, 5.74) is 1.57. The lowest BCUT2D eigenvalue weighted by Crippen LogP contribution is -2.48. The second kappa shape index (κ2) is 11.1. The predicted molar refractivity (Wildman–Crippen MR) is 120 cm³/mol. The molecule has 1 aliphatic rings. The molecule has 1 saturated heterocycles. The van der Waals surface area contributed by atoms with Crippen molar-refractivity contribution < 1.29 is 19.1 Å². The van der Waals surface area contributed by atoms with Crippen molar-refractivity contribution in [1.29, 1.82) is 0 Å². The predicted octanol–water partition coefficient (Wildman–Crippen LogP) is 2.82. The standard InChI is InChI=1S/C23H29N3O4S/c1-16-14-26(15-17(2)30-16)23(29)19-9-7-18(8-10-19)13-25-21(27)6-3-11-24-22(28)20-5-4-12-31-20/h4-5,7-10,12,16-17H,3,6,11,13-15H2,1-2H3,(H,24,28)(H,25,27). The molecule has 1 aromatic heterocycles. The van der Waals surface area contributed by atoms with Crippen LogP contribution in [0.3, 0.4) is 0 Å². The van der Waals surface area contributed by atoms with Crippen LogP contribution in [0.15, 0.2) is 41.8 Å². The molecule has 31 heavy (non-hydrogen) atoms. The number of ether oxygens (including phenoxy) is 1. The van der Waals surface area contributed by atoms with E-state index in [1.54, 1.807) is 18.2 Å². The van der Waals surface area contributed by atoms with E-state index in [9.17, 15) is 14.4 Å². The third-order valence-corrected chi connectivity index (χ3v) is 5.88. The molecule has 166 valence electrons. The lowest BCUT2D eigenvalue weighted by atomic mass is 10.1. The summed E-state index contributed by atoms with van der Waals surface area (Å²) in [6.45, 7) is 5.99. The minimum atomic E-state index is -0.106. The Balaban J connectivity index is 1.37. The maximum Gasteiger partial charge on any atom is 0.261 e. The van der Waals surface area contributed by atoms with Crippen LogP contribution in [0.5, 0.6) is 0 Å². The Kier molecular flexibility index (Phi) is 8.20. The van der Waals surface area contributed by atoms with Crippen LogP contribution >= 0.6 is 11.3 Å². The molecule has 0 saturated carbocycles. The first-order valence-corrected chi connectivity index (χ1v) is 11.4. The van der Waals surface area contributed by atoms with E-state index in [2.05, 4.69) is 10.6 Å². The van der Waals surface area contributed by atoms with Gasteiger partial charge in [0.2, 0.25) is 5.91 Å². The molecule has 2 heterocycles. The van der Waals surface area contributed by atoms with Crippen molar-refractivity contribution in [2.75, 3.05) is 19.6 Å². The molecule has 0 radical (unpaired) electrons. The highest BCUT2D eigenvalue weighted by atomic mass is 32.1. The Bertz CT molecular complexity index is 873. The Morgan fingerprint density at radius 2 is 1.77 bits per heavy atom. The zero-order valence-corrected chi connectivity index (χ0v) is 18.7. The van der Waals surface area contributed by atoms with Crippen LogP contribution in [-0.2, 0) is 16.1 Å². The number of hydrogen-bond acceptors (Lipinski definition) is 5. The fourth-order valence-corrected chi connectivity index (χ4v) is 4.17. The van der Waals surface area contributed by atoms with Gasteiger partial charge in [-0.15, -0.1) is 11.3 Å². The van der Waals surface area contributed by atoms with Gasteiger partial charge in [-0.2, -0.15) is 0 Å². The van der Waals surface area contributed by atoms with Crippen LogP contribution < -0.4 is 10.6 Å². The summed E-state index contributed by atoms with van der Waals surface area (Å²) < 4.78 is 5.69. The monoisotopic (exact) mass is 443 g/mol. The molecule has 0 aliphatic carbocycles. The molecular weight excluding hydrogens is 414 g/mol. The number of hydrogen-bond donors (Lipinski definition) is 2. The van der Waals surface area contributed by atoms with Crippen molar-refractivity contribution in [1.82, 2.24) is 15.5 Å². The van der Waals surface area contributed by atoms with Crippen molar-refractivity contribution in [2.45, 2.75) is 45.4 Å². The van der Waals surface area contributed by atoms with Gasteiger partial charge in [0.15, 0.2) is 0 Å². The molecule has 0 bridgehead atoms. The molecule has 1 fully saturated rings. The number of nitrogens with one attached hydrogen (secondary N) is 2. The Labute approximate surface area is 186 Å². The number of amides is 3. The molecule has 1 aliphatic heterocycles. The molecule has 3 rings (SSSR count). The van der Waals surface area contributed by atoms with E-state index in [-0.39, 0.29) is 29.9 Å². The first kappa shape index (κ1) is 23.0. The molecule has 2 unspecified atom stereocenters. The van der Waals surface area contributed by atoms with E-state index < -0.39 is 0 Å². The largest absolute Gasteiger partial charge is 0.372 e. The Morgan fingerprint density at radius 3 is 2.42 bits per heavy atom. The van der Waals surface area contributed by atoms with Gasteiger partial charge in [0.25, 0.3) is 11.8 Å². The van der Waals surface area contributed by atoms with Crippen molar-refractivity contribution in [3.05, 3.63) is 57.8 Å². The van der Waals surface area contributed by atoms with E-state index in [1.165, 1.54) is 11.3 Å². The van der Waals surface area contributed by atoms with Crippen LogP contribution in [-0.4, -0.2) is 54.5 Å². The van der Waals surface area contributed by atoms with Gasteiger partial charge in [0.1, 0.15) is 0 Å². The number of nitrogens with zero attached hydrogens (tertiary/aromatic N) is 1. The molecule has 8 heteroatoms. The quantitative estimate of drug-likeness (QED) is 0.614. The number of rotatable bonds is 8. The summed E-state index contributed by atoms with van der Waals surface area (Å²) in [7, 11) is 0. The van der Waals surface area contributed by atoms with Gasteiger partial charge in [-0.1, -0.05) is 18.2 Å². The summed E-state index contributed by atoms with van der Waals surface area (Å²) in [5.74, 6) is -0.171. The van der Waals surface area contributed by atoms with Crippen LogP contribution in [0.1, 0.15) is 52.3 Å². The van der Waals surface area contributed by atoms with Gasteiger partial charge >= 0.3 is 0 Å². The first-order valence-electron chi connectivity index (χ1n) is 10.5. The van der Waals surface area contributed by atoms with Gasteiger partial charge in [-0.3, -0.25) is 14.4 Å². The van der Waals surface area contributed by atoms with Gasteiger partial charge in [-0.05, 0) is 49.4 Å². The fourth-order valence-electron chi connectivity index (χ4n) is 3.53. The van der Waals surface area contributed by atoms with Gasteiger partial charge in [0.05, 0.1) is 17.1 Å². The second-order valence-electron chi connectivity index (χ2n) is 7.78. The molecule has 2 aromatic rings. The highest BCUT2D eigenvalue weighted by molar-refractivity contribution is 7.12. The van der Waals surface area contributed by atoms with Gasteiger partial charge < -0.3 is 20.3 Å². The van der Waals surface area contributed by atoms with Crippen molar-refractivity contribution in [3.8, 4) is 0 Å². The summed E-state index contributed by atoms with van der Waals surface area (Å²) >= 11 is 1.39. The summed E-state index contributed by atoms with van der Waals surface area (Å²) in [4.78, 5) is 39.1. The third-order valence-electron chi connectivity index (χ3n) is 5.01. The number of carbonyl (C=O) groups is 3. The average molecular weight is 444 g/mol. The molecule has 3 amide bonds. The molecule has 2 N–H and O–H groups in total. The highest BCUT2D eigenvalue weighted by Gasteiger charge is 2.26. The number of morpholine rings is 1. The second-order valence-corrected chi connectivity index (χ2v) is 8.73. The topological polar surface area (TPSA) is 87.7 Å². The van der Waals surface area contributed by atoms with E-state index in [0.29, 0.717) is 49.5 Å². The Morgan fingerprint density at radius 1 is 1.06 bits per heavy atom. The van der Waals surface area contributed by atoms with Crippen molar-refractivity contribution in [3.63, 3.8) is 0 Å². The minimum Gasteiger partial charge on any atom is -0.372 e. The zero-order valence-electron chi connectivity index (χ0n) is 17.9. The summed E-state index contributed by atoms with van der Waals surface area (Å²) in [5, 5.41) is 7.54. The smallest absolute Gasteiger partial charge is 0.261 e. The number of thiophene rings is 1. The molecule has 7 nitrogen and oxygen atoms in total. The molecule has 1 aromatic carbocycles. The Hall–Kier alpha value is -2.71. The first-order chi connectivity index (χ1) is 14.9. The normalized spacial score (nSPS) is 18.5. The minimum absolute atomic E-state index is 0.00202. The van der Waals surface area contributed by atoms with Gasteiger partial charge in [0, 0.05) is 38.2 Å². The molecular formula is C23H29N3O4S. The van der Waals surface area contributed by atoms with Crippen LogP contribution in [0.4, 0.5) is 0 Å². The van der Waals surface area contributed by atoms with Crippen molar-refractivity contribution in [2.24, 2.45) is 0 Å². The SMILES string of the molecule is CC1CN(C(=O)c2ccc(CNC(=O)CCCNC(=O)c3cccs3)cc2)CC(C)O1. The molecule has 2 atom stereocenters. The van der Waals surface area contributed by atoms with Crippen LogP contribution in [0.25, 0.3) is 0 Å². The highest BCUT2D eigenvalue weighted by Crippen LogP contribution is 2.15. The number of carbonyl (C=O) groups excluding carboxylic acids is 3. The lowest BCUT2D eigenvalue weighted by molar-refractivity contribution is -0.121. The van der Waals surface area contributed by atoms with Crippen LogP contribution in [0, 0.1) is 0 Å². The number of benzene rings is 1. The van der Waals surface area contributed by atoms with E-state index in [1.807, 2.05) is 42.3 Å². The van der Waals surface area contributed by atoms with Gasteiger partial charge in [-0.25, -0.2) is 0 Å². The third kappa shape index (κ3) is 6.90. The van der Waals surface area contributed by atoms with E-state index in [0.717, 1.165) is 5.56 Å². The maximum absolute atomic E-state index is 12.7. The maximum atomic E-state index is 12.7. The van der Waals surface area contributed by atoms with E-state index in [4.69, 9.17) is 4.74 Å². The average Bonchev–Trinajstić information content (AvgIpc) is 3.29. The summed E-state index contributed by atoms with van der Waals surface area (Å²) in [6, 6.07) is 10.9. The molecule has 0 spiro atoms. The fraction of sp³-hybridized carbons (Fsp3) is 0.435. The van der Waals surface area contributed by atoms with E-state index >= 15 is 0 Å². The summed E-state index contributed by atoms with van der Waals surface area (Å²) in [6.07, 6.45) is 0.985. The zero-order chi connectivity index (χ0) is 22.2. The lowest BCUT2D eigenvalue weighted by Gasteiger charge is -2.35. The van der Waals surface area contributed by atoms with Crippen LogP contribution in [0.2, 0.25) is 0 Å². The van der Waals surface area contributed by atoms with Crippen molar-refractivity contribution >= 4 is 29.1 Å².